The lowest BCUT2D eigenvalue weighted by atomic mass is 10.0. The number of carbonyl (C=O) groups excluding carboxylic acids is 3. The average molecular weight is 668 g/mol. The van der Waals surface area contributed by atoms with E-state index in [-0.39, 0.29) is 49.5 Å². The zero-order valence-electron chi connectivity index (χ0n) is 24.5. The van der Waals surface area contributed by atoms with Crippen molar-refractivity contribution in [3.63, 3.8) is 0 Å². The first-order chi connectivity index (χ1) is 21.7. The minimum absolute atomic E-state index is 0.00679. The van der Waals surface area contributed by atoms with Gasteiger partial charge < -0.3 is 20.3 Å². The molecule has 0 aliphatic carbocycles. The van der Waals surface area contributed by atoms with Gasteiger partial charge >= 0.3 is 0 Å². The Labute approximate surface area is 275 Å². The van der Waals surface area contributed by atoms with E-state index >= 15 is 0 Å². The Kier molecular flexibility index (Phi) is 12.4. The first kappa shape index (κ1) is 34.0. The van der Waals surface area contributed by atoms with Crippen molar-refractivity contribution in [2.75, 3.05) is 26.4 Å². The van der Waals surface area contributed by atoms with Crippen molar-refractivity contribution in [3.05, 3.63) is 110 Å². The molecule has 0 fully saturated rings. The lowest BCUT2D eigenvalue weighted by molar-refractivity contribution is 0.0832. The maximum atomic E-state index is 12.8. The van der Waals surface area contributed by atoms with Gasteiger partial charge in [0.2, 0.25) is 0 Å². The van der Waals surface area contributed by atoms with Crippen LogP contribution >= 0.6 is 34.5 Å². The zero-order valence-corrected chi connectivity index (χ0v) is 26.8. The minimum Gasteiger partial charge on any atom is -0.506 e. The van der Waals surface area contributed by atoms with Crippen molar-refractivity contribution >= 4 is 57.7 Å². The summed E-state index contributed by atoms with van der Waals surface area (Å²) in [5.41, 5.74) is 4.01. The van der Waals surface area contributed by atoms with Crippen LogP contribution in [0.15, 0.2) is 77.1 Å². The largest absolute Gasteiger partial charge is 0.506 e. The van der Waals surface area contributed by atoms with Crippen molar-refractivity contribution in [2.45, 2.75) is 26.3 Å². The maximum Gasteiger partial charge on any atom is 0.251 e. The second-order valence-corrected chi connectivity index (χ2v) is 11.8. The summed E-state index contributed by atoms with van der Waals surface area (Å²) in [4.78, 5) is 42.8. The molecule has 1 aromatic heterocycles. The molecule has 4 aromatic rings. The van der Waals surface area contributed by atoms with Crippen molar-refractivity contribution < 1.29 is 29.3 Å². The van der Waals surface area contributed by atoms with Gasteiger partial charge in [0.25, 0.3) is 5.91 Å². The van der Waals surface area contributed by atoms with Gasteiger partial charge in [0.05, 0.1) is 28.1 Å². The minimum atomic E-state index is -0.295. The van der Waals surface area contributed by atoms with E-state index in [2.05, 4.69) is 10.3 Å². The standard InChI is InChI=1S/C34H32Cl2N2O6S/c1-21(27-20-45-33(32(27)42)26-12-13-28(35)29(36)17-26)37-19-31(41)24-8-10-25(11-9-24)34(43)38-18-22-4-6-23(7-5-22)30(40)3-2-15-44-16-14-39/h4-13,17,20,39,42H,2-3,14-16,18-19H2,1H3,(H,38,43). The van der Waals surface area contributed by atoms with Crippen LogP contribution in [0, 0.1) is 0 Å². The third-order valence-electron chi connectivity index (χ3n) is 6.92. The van der Waals surface area contributed by atoms with E-state index in [0.29, 0.717) is 62.3 Å². The van der Waals surface area contributed by atoms with Crippen LogP contribution in [0.5, 0.6) is 5.75 Å². The summed E-state index contributed by atoms with van der Waals surface area (Å²) in [5, 5.41) is 24.9. The van der Waals surface area contributed by atoms with Gasteiger partial charge in [-0.3, -0.25) is 19.4 Å². The number of ketones is 2. The molecule has 8 nitrogen and oxygen atoms in total. The molecule has 0 aliphatic heterocycles. The maximum absolute atomic E-state index is 12.8. The number of thiophene rings is 1. The molecule has 11 heteroatoms. The van der Waals surface area contributed by atoms with Crippen LogP contribution in [0.4, 0.5) is 0 Å². The third-order valence-corrected chi connectivity index (χ3v) is 8.68. The van der Waals surface area contributed by atoms with E-state index in [1.807, 2.05) is 0 Å². The normalized spacial score (nSPS) is 11.4. The molecule has 0 aliphatic rings. The van der Waals surface area contributed by atoms with Gasteiger partial charge in [-0.25, -0.2) is 0 Å². The highest BCUT2D eigenvalue weighted by molar-refractivity contribution is 7.14. The number of ether oxygens (including phenoxy) is 1. The van der Waals surface area contributed by atoms with Gasteiger partial charge in [0.1, 0.15) is 12.3 Å². The number of carbonyl (C=O) groups is 3. The summed E-state index contributed by atoms with van der Waals surface area (Å²) < 4.78 is 5.18. The van der Waals surface area contributed by atoms with Crippen LogP contribution in [-0.4, -0.2) is 59.8 Å². The molecular formula is C34H32Cl2N2O6S. The summed E-state index contributed by atoms with van der Waals surface area (Å²) in [6, 6.07) is 18.5. The predicted octanol–water partition coefficient (Wildman–Crippen LogP) is 7.02. The molecule has 0 saturated carbocycles. The molecule has 0 bridgehead atoms. The molecule has 1 heterocycles. The first-order valence-corrected chi connectivity index (χ1v) is 15.8. The van der Waals surface area contributed by atoms with E-state index in [9.17, 15) is 19.5 Å². The van der Waals surface area contributed by atoms with Crippen LogP contribution in [0.3, 0.4) is 0 Å². The summed E-state index contributed by atoms with van der Waals surface area (Å²) in [5.74, 6) is -0.458. The van der Waals surface area contributed by atoms with Gasteiger partial charge in [-0.2, -0.15) is 0 Å². The molecule has 3 aromatic carbocycles. The second kappa shape index (κ2) is 16.5. The van der Waals surface area contributed by atoms with E-state index in [4.69, 9.17) is 33.0 Å². The number of benzene rings is 3. The summed E-state index contributed by atoms with van der Waals surface area (Å²) in [6.45, 7) is 2.53. The highest BCUT2D eigenvalue weighted by atomic mass is 35.5. The highest BCUT2D eigenvalue weighted by Crippen LogP contribution is 2.40. The van der Waals surface area contributed by atoms with Crippen molar-refractivity contribution in [1.29, 1.82) is 0 Å². The summed E-state index contributed by atoms with van der Waals surface area (Å²) >= 11 is 13.5. The van der Waals surface area contributed by atoms with Gasteiger partial charge in [-0.05, 0) is 48.7 Å². The summed E-state index contributed by atoms with van der Waals surface area (Å²) in [6.07, 6.45) is 0.933. The fourth-order valence-corrected chi connectivity index (χ4v) is 5.66. The monoisotopic (exact) mass is 666 g/mol. The Hall–Kier alpha value is -3.86. The lowest BCUT2D eigenvalue weighted by Gasteiger charge is -2.08. The van der Waals surface area contributed by atoms with Crippen molar-refractivity contribution in [3.8, 4) is 16.2 Å². The number of Topliss-reactive ketones (excluding diaryl/α,β-unsaturated/α-hetero) is 2. The smallest absolute Gasteiger partial charge is 0.251 e. The number of aliphatic hydroxyl groups is 1. The highest BCUT2D eigenvalue weighted by Gasteiger charge is 2.16. The molecule has 3 N–H and O–H groups in total. The van der Waals surface area contributed by atoms with Crippen LogP contribution in [-0.2, 0) is 11.3 Å². The van der Waals surface area contributed by atoms with Crippen molar-refractivity contribution in [2.24, 2.45) is 4.99 Å². The molecule has 4 rings (SSSR count). The van der Waals surface area contributed by atoms with E-state index < -0.39 is 0 Å². The van der Waals surface area contributed by atoms with Crippen LogP contribution < -0.4 is 5.32 Å². The number of hydrogen-bond donors (Lipinski definition) is 3. The molecule has 0 atom stereocenters. The summed E-state index contributed by atoms with van der Waals surface area (Å²) in [7, 11) is 0. The van der Waals surface area contributed by atoms with Gasteiger partial charge in [-0.15, -0.1) is 11.3 Å². The topological polar surface area (TPSA) is 125 Å². The quantitative estimate of drug-likeness (QED) is 0.0711. The molecule has 0 unspecified atom stereocenters. The van der Waals surface area contributed by atoms with Gasteiger partial charge in [0.15, 0.2) is 11.6 Å². The molecular weight excluding hydrogens is 635 g/mol. The van der Waals surface area contributed by atoms with Gasteiger partial charge in [-0.1, -0.05) is 65.7 Å². The number of aliphatic imine (C=N–C) groups is 1. The first-order valence-electron chi connectivity index (χ1n) is 14.2. The Morgan fingerprint density at radius 3 is 2.24 bits per heavy atom. The molecule has 0 saturated heterocycles. The Morgan fingerprint density at radius 1 is 0.889 bits per heavy atom. The number of nitrogens with zero attached hydrogens (tertiary/aromatic N) is 1. The zero-order chi connectivity index (χ0) is 32.3. The van der Waals surface area contributed by atoms with E-state index in [1.165, 1.54) is 11.3 Å². The van der Waals surface area contributed by atoms with Crippen LogP contribution in [0.1, 0.15) is 62.0 Å². The van der Waals surface area contributed by atoms with Gasteiger partial charge in [0, 0.05) is 52.9 Å². The van der Waals surface area contributed by atoms with E-state index in [0.717, 1.165) is 11.1 Å². The number of halogens is 2. The number of aromatic hydroxyl groups is 1. The van der Waals surface area contributed by atoms with E-state index in [1.54, 1.807) is 79.0 Å². The number of aliphatic hydroxyl groups excluding tert-OH is 1. The Balaban J connectivity index is 1.27. The molecule has 0 radical (unpaired) electrons. The lowest BCUT2D eigenvalue weighted by Crippen LogP contribution is -2.22. The number of amides is 1. The molecule has 234 valence electrons. The van der Waals surface area contributed by atoms with Crippen molar-refractivity contribution in [1.82, 2.24) is 5.32 Å². The number of rotatable bonds is 15. The average Bonchev–Trinajstić information content (AvgIpc) is 3.44. The second-order valence-electron chi connectivity index (χ2n) is 10.1. The molecule has 0 spiro atoms. The third kappa shape index (κ3) is 9.32. The Morgan fingerprint density at radius 2 is 1.56 bits per heavy atom. The Bertz CT molecular complexity index is 1680. The fourth-order valence-electron chi connectivity index (χ4n) is 4.36. The molecule has 45 heavy (non-hydrogen) atoms. The number of nitrogens with one attached hydrogen (secondary N) is 1. The SMILES string of the molecule is CC(=NCC(=O)c1ccc(C(=O)NCc2ccc(C(=O)CCCOCCO)cc2)cc1)c1csc(-c2ccc(Cl)c(Cl)c2)c1O. The fraction of sp³-hybridized carbons (Fsp3) is 0.235. The van der Waals surface area contributed by atoms with Crippen LogP contribution in [0.2, 0.25) is 10.0 Å². The number of hydrogen-bond acceptors (Lipinski definition) is 8. The van der Waals surface area contributed by atoms with Crippen LogP contribution in [0.25, 0.3) is 10.4 Å². The molecule has 1 amide bonds. The predicted molar refractivity (Wildman–Crippen MR) is 178 cm³/mol.